The predicted molar refractivity (Wildman–Crippen MR) is 47.7 cm³/mol. The molecule has 6 heteroatoms. The van der Waals surface area contributed by atoms with E-state index in [-0.39, 0.29) is 0 Å². The van der Waals surface area contributed by atoms with E-state index in [4.69, 9.17) is 0 Å². The van der Waals surface area contributed by atoms with Gasteiger partial charge in [0.1, 0.15) is 12.3 Å². The highest BCUT2D eigenvalue weighted by Gasteiger charge is 2.36. The van der Waals surface area contributed by atoms with Gasteiger partial charge in [-0.2, -0.15) is 13.2 Å². The molecule has 2 rings (SSSR count). The van der Waals surface area contributed by atoms with Crippen molar-refractivity contribution in [3.63, 3.8) is 0 Å². The number of halogens is 3. The Hall–Kier alpha value is -1.72. The molecule has 0 spiro atoms. The normalized spacial score (nSPS) is 24.7. The van der Waals surface area contributed by atoms with E-state index in [0.717, 1.165) is 18.5 Å². The summed E-state index contributed by atoms with van der Waals surface area (Å²) in [5.74, 6) is -1.61. The van der Waals surface area contributed by atoms with Crippen molar-refractivity contribution in [2.24, 2.45) is 15.9 Å². The molecular weight excluding hydrogens is 209 g/mol. The summed E-state index contributed by atoms with van der Waals surface area (Å²) in [4.78, 5) is 18.2. The van der Waals surface area contributed by atoms with Crippen molar-refractivity contribution in [3.8, 4) is 0 Å². The quantitative estimate of drug-likeness (QED) is 0.604. The lowest BCUT2D eigenvalue weighted by Gasteiger charge is -2.18. The summed E-state index contributed by atoms with van der Waals surface area (Å²) >= 11 is 0. The Morgan fingerprint density at radius 1 is 1.27 bits per heavy atom. The predicted octanol–water partition coefficient (Wildman–Crippen LogP) is 1.67. The van der Waals surface area contributed by atoms with Crippen molar-refractivity contribution in [1.82, 2.24) is 0 Å². The molecule has 0 saturated carbocycles. The van der Waals surface area contributed by atoms with E-state index in [1.807, 2.05) is 0 Å². The number of alkyl halides is 3. The summed E-state index contributed by atoms with van der Waals surface area (Å²) in [5, 5.41) is 0. The van der Waals surface area contributed by atoms with Crippen molar-refractivity contribution in [3.05, 3.63) is 23.8 Å². The van der Waals surface area contributed by atoms with E-state index in [2.05, 4.69) is 9.98 Å². The molecule has 1 amide bonds. The molecular formula is C9H5F3N2O. The molecule has 0 N–H and O–H groups in total. The molecule has 15 heavy (non-hydrogen) atoms. The Labute approximate surface area is 82.7 Å². The zero-order valence-corrected chi connectivity index (χ0v) is 7.32. The highest BCUT2D eigenvalue weighted by Crippen LogP contribution is 2.31. The molecule has 0 aromatic carbocycles. The van der Waals surface area contributed by atoms with Crippen LogP contribution in [0, 0.1) is 5.92 Å². The Morgan fingerprint density at radius 3 is 2.67 bits per heavy atom. The van der Waals surface area contributed by atoms with Crippen LogP contribution in [0.2, 0.25) is 0 Å². The van der Waals surface area contributed by atoms with E-state index in [0.29, 0.717) is 5.71 Å². The fourth-order valence-electron chi connectivity index (χ4n) is 1.34. The van der Waals surface area contributed by atoms with Crippen molar-refractivity contribution in [2.45, 2.75) is 6.18 Å². The van der Waals surface area contributed by atoms with Gasteiger partial charge < -0.3 is 0 Å². The maximum absolute atomic E-state index is 12.3. The summed E-state index contributed by atoms with van der Waals surface area (Å²) in [6, 6.07) is 0. The fraction of sp³-hybridized carbons (Fsp3) is 0.222. The van der Waals surface area contributed by atoms with Crippen molar-refractivity contribution >= 4 is 18.0 Å². The van der Waals surface area contributed by atoms with Gasteiger partial charge in [-0.05, 0) is 12.2 Å². The number of hydrogen-bond acceptors (Lipinski definition) is 2. The lowest BCUT2D eigenvalue weighted by Crippen LogP contribution is -2.27. The van der Waals surface area contributed by atoms with Crippen LogP contribution in [0.15, 0.2) is 33.8 Å². The van der Waals surface area contributed by atoms with Crippen LogP contribution in [-0.2, 0) is 4.79 Å². The van der Waals surface area contributed by atoms with Gasteiger partial charge in [-0.1, -0.05) is 6.08 Å². The molecule has 0 bridgehead atoms. The lowest BCUT2D eigenvalue weighted by molar-refractivity contribution is -0.118. The molecule has 0 aromatic heterocycles. The number of hydrogen-bond donors (Lipinski definition) is 0. The van der Waals surface area contributed by atoms with Gasteiger partial charge in [0.2, 0.25) is 0 Å². The number of carbonyl (C=O) groups is 1. The maximum Gasteiger partial charge on any atom is 0.416 e. The van der Waals surface area contributed by atoms with Gasteiger partial charge in [0.05, 0.1) is 11.3 Å². The first kappa shape index (κ1) is 9.82. The Kier molecular flexibility index (Phi) is 2.06. The number of amides is 1. The summed E-state index contributed by atoms with van der Waals surface area (Å²) in [6.45, 7) is 0. The van der Waals surface area contributed by atoms with E-state index >= 15 is 0 Å². The van der Waals surface area contributed by atoms with Gasteiger partial charge in [0.25, 0.3) is 5.91 Å². The SMILES string of the molecule is O=C1N=CN=C2C=CC(C(F)(F)F)=CC12. The summed E-state index contributed by atoms with van der Waals surface area (Å²) in [6.07, 6.45) is -0.454. The van der Waals surface area contributed by atoms with Gasteiger partial charge in [-0.25, -0.2) is 9.98 Å². The van der Waals surface area contributed by atoms with Crippen LogP contribution in [0.1, 0.15) is 0 Å². The standard InChI is InChI=1S/C9H5F3N2O/c10-9(11,12)5-1-2-7-6(3-5)8(15)14-4-13-7/h1-4,6H. The van der Waals surface area contributed by atoms with Crippen LogP contribution in [0.25, 0.3) is 0 Å². The molecule has 1 heterocycles. The Morgan fingerprint density at radius 2 is 2.00 bits per heavy atom. The number of allylic oxidation sites excluding steroid dienone is 3. The fourth-order valence-corrected chi connectivity index (χ4v) is 1.34. The van der Waals surface area contributed by atoms with E-state index < -0.39 is 23.6 Å². The first-order chi connectivity index (χ1) is 6.98. The third-order valence-corrected chi connectivity index (χ3v) is 2.08. The topological polar surface area (TPSA) is 41.8 Å². The minimum atomic E-state index is -4.44. The van der Waals surface area contributed by atoms with Gasteiger partial charge in [0, 0.05) is 0 Å². The molecule has 1 atom stereocenters. The molecule has 3 nitrogen and oxygen atoms in total. The highest BCUT2D eigenvalue weighted by atomic mass is 19.4. The second-order valence-corrected chi connectivity index (χ2v) is 3.07. The number of nitrogens with zero attached hydrogens (tertiary/aromatic N) is 2. The monoisotopic (exact) mass is 214 g/mol. The third-order valence-electron chi connectivity index (χ3n) is 2.08. The number of rotatable bonds is 0. The van der Waals surface area contributed by atoms with E-state index in [1.165, 1.54) is 6.08 Å². The van der Waals surface area contributed by atoms with Crippen LogP contribution >= 0.6 is 0 Å². The van der Waals surface area contributed by atoms with Crippen LogP contribution < -0.4 is 0 Å². The van der Waals surface area contributed by atoms with E-state index in [9.17, 15) is 18.0 Å². The van der Waals surface area contributed by atoms with Crippen molar-refractivity contribution < 1.29 is 18.0 Å². The number of fused-ring (bicyclic) bond motifs is 1. The first-order valence-corrected chi connectivity index (χ1v) is 4.09. The largest absolute Gasteiger partial charge is 0.416 e. The van der Waals surface area contributed by atoms with Gasteiger partial charge in [-0.3, -0.25) is 4.79 Å². The molecule has 1 aliphatic heterocycles. The second-order valence-electron chi connectivity index (χ2n) is 3.07. The highest BCUT2D eigenvalue weighted by molar-refractivity contribution is 6.18. The number of carbonyl (C=O) groups excluding carboxylic acids is 1. The summed E-state index contributed by atoms with van der Waals surface area (Å²) in [5.41, 5.74) is -0.542. The maximum atomic E-state index is 12.3. The molecule has 2 aliphatic rings. The number of aliphatic imine (C=N–C) groups is 2. The summed E-state index contributed by atoms with van der Waals surface area (Å²) in [7, 11) is 0. The zero-order chi connectivity index (χ0) is 11.1. The van der Waals surface area contributed by atoms with Crippen LogP contribution in [-0.4, -0.2) is 24.1 Å². The van der Waals surface area contributed by atoms with Crippen LogP contribution in [0.5, 0.6) is 0 Å². The zero-order valence-electron chi connectivity index (χ0n) is 7.32. The molecule has 0 aromatic rings. The van der Waals surface area contributed by atoms with Gasteiger partial charge >= 0.3 is 6.18 Å². The molecule has 1 aliphatic carbocycles. The van der Waals surface area contributed by atoms with Crippen molar-refractivity contribution in [2.75, 3.05) is 0 Å². The first-order valence-electron chi connectivity index (χ1n) is 4.09. The Balaban J connectivity index is 2.38. The van der Waals surface area contributed by atoms with E-state index in [1.54, 1.807) is 0 Å². The van der Waals surface area contributed by atoms with Crippen LogP contribution in [0.3, 0.4) is 0 Å². The molecule has 0 fully saturated rings. The summed E-state index contributed by atoms with van der Waals surface area (Å²) < 4.78 is 37.0. The molecule has 0 radical (unpaired) electrons. The minimum absolute atomic E-state index is 0.294. The van der Waals surface area contributed by atoms with Gasteiger partial charge in [-0.15, -0.1) is 0 Å². The lowest BCUT2D eigenvalue weighted by atomic mass is 9.92. The smallest absolute Gasteiger partial charge is 0.271 e. The second kappa shape index (κ2) is 3.15. The minimum Gasteiger partial charge on any atom is -0.271 e. The van der Waals surface area contributed by atoms with Crippen molar-refractivity contribution in [1.29, 1.82) is 0 Å². The van der Waals surface area contributed by atoms with Crippen LogP contribution in [0.4, 0.5) is 13.2 Å². The average molecular weight is 214 g/mol. The Bertz CT molecular complexity index is 429. The molecule has 78 valence electrons. The van der Waals surface area contributed by atoms with Gasteiger partial charge in [0.15, 0.2) is 0 Å². The third kappa shape index (κ3) is 1.74. The average Bonchev–Trinajstić information content (AvgIpc) is 2.16. The molecule has 1 unspecified atom stereocenters. The molecule has 0 saturated heterocycles.